The zero-order valence-electron chi connectivity index (χ0n) is 15.3. The highest BCUT2D eigenvalue weighted by molar-refractivity contribution is 5.66. The summed E-state index contributed by atoms with van der Waals surface area (Å²) in [6, 6.07) is 23.4. The van der Waals surface area contributed by atoms with Crippen LogP contribution in [0.3, 0.4) is 0 Å². The van der Waals surface area contributed by atoms with Crippen molar-refractivity contribution >= 4 is 0 Å². The van der Waals surface area contributed by atoms with Gasteiger partial charge in [-0.2, -0.15) is 0 Å². The normalized spacial score (nSPS) is 14.9. The molecule has 0 amide bonds. The number of nitrogens with one attached hydrogen (secondary N) is 1. The molecule has 0 spiro atoms. The van der Waals surface area contributed by atoms with Crippen molar-refractivity contribution in [2.45, 2.75) is 25.4 Å². The molecule has 0 atom stereocenters. The van der Waals surface area contributed by atoms with Crippen LogP contribution in [0.2, 0.25) is 0 Å². The Kier molecular flexibility index (Phi) is 5.50. The second-order valence-electron chi connectivity index (χ2n) is 7.10. The van der Waals surface area contributed by atoms with Crippen molar-refractivity contribution in [1.82, 2.24) is 5.32 Å². The van der Waals surface area contributed by atoms with Gasteiger partial charge in [-0.15, -0.1) is 0 Å². The predicted molar refractivity (Wildman–Crippen MR) is 107 cm³/mol. The third-order valence-corrected chi connectivity index (χ3v) is 5.15. The number of piperidine rings is 1. The summed E-state index contributed by atoms with van der Waals surface area (Å²) in [5, 5.41) is 3.37. The van der Waals surface area contributed by atoms with Crippen molar-refractivity contribution < 1.29 is 9.13 Å². The van der Waals surface area contributed by atoms with Gasteiger partial charge in [0.1, 0.15) is 18.2 Å². The number of hydrogen-bond acceptors (Lipinski definition) is 2. The SMILES string of the molecule is Fc1cc(-c2cccc(OCc3ccccc3)c2)cc(C2CCNCC2)c1. The fourth-order valence-corrected chi connectivity index (χ4v) is 3.68. The summed E-state index contributed by atoms with van der Waals surface area (Å²) < 4.78 is 20.2. The Morgan fingerprint density at radius 1 is 0.852 bits per heavy atom. The molecule has 0 radical (unpaired) electrons. The van der Waals surface area contributed by atoms with Gasteiger partial charge in [-0.3, -0.25) is 0 Å². The lowest BCUT2D eigenvalue weighted by atomic mass is 9.88. The van der Waals surface area contributed by atoms with Crippen LogP contribution in [0.1, 0.15) is 29.9 Å². The first-order valence-corrected chi connectivity index (χ1v) is 9.56. The van der Waals surface area contributed by atoms with Crippen LogP contribution in [0.4, 0.5) is 4.39 Å². The molecule has 3 aromatic carbocycles. The summed E-state index contributed by atoms with van der Waals surface area (Å²) in [6.07, 6.45) is 2.12. The van der Waals surface area contributed by atoms with E-state index in [0.717, 1.165) is 53.9 Å². The highest BCUT2D eigenvalue weighted by Crippen LogP contribution is 2.31. The van der Waals surface area contributed by atoms with E-state index in [0.29, 0.717) is 12.5 Å². The highest BCUT2D eigenvalue weighted by Gasteiger charge is 2.17. The van der Waals surface area contributed by atoms with Gasteiger partial charge in [-0.05, 0) is 78.4 Å². The number of benzene rings is 3. The molecule has 1 N–H and O–H groups in total. The molecule has 138 valence electrons. The minimum atomic E-state index is -0.170. The highest BCUT2D eigenvalue weighted by atomic mass is 19.1. The van der Waals surface area contributed by atoms with Crippen LogP contribution >= 0.6 is 0 Å². The monoisotopic (exact) mass is 361 g/mol. The molecule has 1 aliphatic heterocycles. The van der Waals surface area contributed by atoms with E-state index in [1.165, 1.54) is 0 Å². The molecule has 0 unspecified atom stereocenters. The summed E-state index contributed by atoms with van der Waals surface area (Å²) in [6.45, 7) is 2.52. The quantitative estimate of drug-likeness (QED) is 0.644. The fourth-order valence-electron chi connectivity index (χ4n) is 3.68. The van der Waals surface area contributed by atoms with Crippen molar-refractivity contribution in [3.63, 3.8) is 0 Å². The molecule has 3 aromatic rings. The van der Waals surface area contributed by atoms with Crippen LogP contribution in [0.25, 0.3) is 11.1 Å². The predicted octanol–water partition coefficient (Wildman–Crippen LogP) is 5.54. The van der Waals surface area contributed by atoms with Crippen LogP contribution in [-0.2, 0) is 6.61 Å². The maximum atomic E-state index is 14.3. The lowest BCUT2D eigenvalue weighted by molar-refractivity contribution is 0.306. The van der Waals surface area contributed by atoms with Gasteiger partial charge in [0.2, 0.25) is 0 Å². The third-order valence-electron chi connectivity index (χ3n) is 5.15. The maximum Gasteiger partial charge on any atom is 0.124 e. The zero-order chi connectivity index (χ0) is 18.5. The van der Waals surface area contributed by atoms with Gasteiger partial charge in [0.05, 0.1) is 0 Å². The fraction of sp³-hybridized carbons (Fsp3) is 0.250. The molecule has 4 rings (SSSR count). The van der Waals surface area contributed by atoms with Crippen LogP contribution in [0.5, 0.6) is 5.75 Å². The van der Waals surface area contributed by atoms with E-state index >= 15 is 0 Å². The van der Waals surface area contributed by atoms with Crippen molar-refractivity contribution in [2.24, 2.45) is 0 Å². The Morgan fingerprint density at radius 2 is 1.67 bits per heavy atom. The molecule has 0 aromatic heterocycles. The van der Waals surface area contributed by atoms with Gasteiger partial charge in [-0.1, -0.05) is 48.5 Å². The average molecular weight is 361 g/mol. The molecule has 0 saturated carbocycles. The van der Waals surface area contributed by atoms with Gasteiger partial charge in [0, 0.05) is 0 Å². The van der Waals surface area contributed by atoms with Gasteiger partial charge < -0.3 is 10.1 Å². The zero-order valence-corrected chi connectivity index (χ0v) is 15.3. The van der Waals surface area contributed by atoms with E-state index in [4.69, 9.17) is 4.74 Å². The van der Waals surface area contributed by atoms with E-state index in [1.54, 1.807) is 12.1 Å². The minimum absolute atomic E-state index is 0.170. The summed E-state index contributed by atoms with van der Waals surface area (Å²) in [5.41, 5.74) is 4.12. The molecule has 0 bridgehead atoms. The summed E-state index contributed by atoms with van der Waals surface area (Å²) in [7, 11) is 0. The molecular formula is C24H24FNO. The molecular weight excluding hydrogens is 337 g/mol. The topological polar surface area (TPSA) is 21.3 Å². The number of hydrogen-bond donors (Lipinski definition) is 1. The van der Waals surface area contributed by atoms with Crippen LogP contribution in [-0.4, -0.2) is 13.1 Å². The average Bonchev–Trinajstić information content (AvgIpc) is 2.73. The maximum absolute atomic E-state index is 14.3. The number of ether oxygens (including phenoxy) is 1. The standard InChI is InChI=1S/C24H24FNO/c25-23-14-21(19-9-11-26-12-10-19)13-22(15-23)20-7-4-8-24(16-20)27-17-18-5-2-1-3-6-18/h1-8,13-16,19,26H,9-12,17H2. The van der Waals surface area contributed by atoms with Gasteiger partial charge in [0.25, 0.3) is 0 Å². The van der Waals surface area contributed by atoms with E-state index < -0.39 is 0 Å². The number of rotatable bonds is 5. The molecule has 1 saturated heterocycles. The number of halogens is 1. The van der Waals surface area contributed by atoms with Crippen LogP contribution < -0.4 is 10.1 Å². The summed E-state index contributed by atoms with van der Waals surface area (Å²) >= 11 is 0. The van der Waals surface area contributed by atoms with Crippen molar-refractivity contribution in [2.75, 3.05) is 13.1 Å². The first-order valence-electron chi connectivity index (χ1n) is 9.56. The van der Waals surface area contributed by atoms with Crippen LogP contribution in [0.15, 0.2) is 72.8 Å². The largest absolute Gasteiger partial charge is 0.489 e. The minimum Gasteiger partial charge on any atom is -0.489 e. The lowest BCUT2D eigenvalue weighted by Gasteiger charge is -2.23. The van der Waals surface area contributed by atoms with Gasteiger partial charge in [-0.25, -0.2) is 4.39 Å². The first-order chi connectivity index (χ1) is 13.3. The van der Waals surface area contributed by atoms with Crippen LogP contribution in [0, 0.1) is 5.82 Å². The molecule has 1 fully saturated rings. The Labute approximate surface area is 160 Å². The Balaban J connectivity index is 1.55. The van der Waals surface area contributed by atoms with E-state index in [-0.39, 0.29) is 5.82 Å². The Morgan fingerprint density at radius 3 is 2.48 bits per heavy atom. The smallest absolute Gasteiger partial charge is 0.124 e. The lowest BCUT2D eigenvalue weighted by Crippen LogP contribution is -2.26. The van der Waals surface area contributed by atoms with E-state index in [2.05, 4.69) is 11.4 Å². The summed E-state index contributed by atoms with van der Waals surface area (Å²) in [4.78, 5) is 0. The molecule has 27 heavy (non-hydrogen) atoms. The van der Waals surface area contributed by atoms with Crippen molar-refractivity contribution in [3.8, 4) is 16.9 Å². The van der Waals surface area contributed by atoms with Crippen molar-refractivity contribution in [3.05, 3.63) is 89.7 Å². The van der Waals surface area contributed by atoms with Gasteiger partial charge >= 0.3 is 0 Å². The van der Waals surface area contributed by atoms with Gasteiger partial charge in [0.15, 0.2) is 0 Å². The molecule has 1 heterocycles. The second kappa shape index (κ2) is 8.36. The first kappa shape index (κ1) is 17.7. The third kappa shape index (κ3) is 4.55. The summed E-state index contributed by atoms with van der Waals surface area (Å²) in [5.74, 6) is 1.05. The molecule has 3 heteroatoms. The Bertz CT molecular complexity index is 888. The second-order valence-corrected chi connectivity index (χ2v) is 7.10. The molecule has 0 aliphatic carbocycles. The Hall–Kier alpha value is -2.65. The van der Waals surface area contributed by atoms with E-state index in [9.17, 15) is 4.39 Å². The molecule has 2 nitrogen and oxygen atoms in total. The molecule has 1 aliphatic rings. The van der Waals surface area contributed by atoms with Crippen molar-refractivity contribution in [1.29, 1.82) is 0 Å². The van der Waals surface area contributed by atoms with E-state index in [1.807, 2.05) is 54.6 Å².